The third kappa shape index (κ3) is 1.84. The lowest BCUT2D eigenvalue weighted by Crippen LogP contribution is -2.33. The second kappa shape index (κ2) is 4.28. The van der Waals surface area contributed by atoms with E-state index >= 15 is 0 Å². The van der Waals surface area contributed by atoms with Gasteiger partial charge in [0, 0.05) is 12.8 Å². The van der Waals surface area contributed by atoms with Gasteiger partial charge >= 0.3 is 0 Å². The Morgan fingerprint density at radius 3 is 1.44 bits per heavy atom. The Labute approximate surface area is 93.4 Å². The fraction of sp³-hybridized carbons (Fsp3) is 0.667. The summed E-state index contributed by atoms with van der Waals surface area (Å²) in [4.78, 5) is 46.2. The number of hydrogen-bond acceptors (Lipinski definition) is 4. The van der Waals surface area contributed by atoms with Gasteiger partial charge in [-0.25, -0.2) is 0 Å². The van der Waals surface area contributed by atoms with E-state index in [1.807, 2.05) is 0 Å². The minimum Gasteiger partial charge on any atom is -0.299 e. The number of carbonyl (C=O) groups excluding carboxylic acids is 4. The van der Waals surface area contributed by atoms with E-state index in [2.05, 4.69) is 0 Å². The molecule has 0 radical (unpaired) electrons. The normalized spacial score (nSPS) is 29.8. The molecule has 86 valence electrons. The summed E-state index contributed by atoms with van der Waals surface area (Å²) in [6.07, 6.45) is 3.10. The highest BCUT2D eigenvalue weighted by molar-refractivity contribution is 6.45. The molecule has 0 bridgehead atoms. The van der Waals surface area contributed by atoms with Crippen molar-refractivity contribution in [1.82, 2.24) is 0 Å². The molecule has 2 aliphatic rings. The van der Waals surface area contributed by atoms with Crippen LogP contribution in [0.15, 0.2) is 0 Å². The van der Waals surface area contributed by atoms with Crippen LogP contribution in [-0.2, 0) is 19.2 Å². The van der Waals surface area contributed by atoms with Crippen molar-refractivity contribution >= 4 is 23.1 Å². The average molecular weight is 222 g/mol. The highest BCUT2D eigenvalue weighted by atomic mass is 16.2. The van der Waals surface area contributed by atoms with Crippen molar-refractivity contribution < 1.29 is 19.2 Å². The summed E-state index contributed by atoms with van der Waals surface area (Å²) in [5.41, 5.74) is 0. The molecule has 0 aliphatic heterocycles. The highest BCUT2D eigenvalue weighted by Crippen LogP contribution is 2.27. The molecule has 2 aliphatic carbocycles. The molecule has 0 aromatic rings. The topological polar surface area (TPSA) is 68.3 Å². The molecule has 0 spiro atoms. The number of carbonyl (C=O) groups is 4. The summed E-state index contributed by atoms with van der Waals surface area (Å²) in [5.74, 6) is -3.01. The van der Waals surface area contributed by atoms with Crippen molar-refractivity contribution in [3.8, 4) is 0 Å². The van der Waals surface area contributed by atoms with Gasteiger partial charge in [-0.15, -0.1) is 0 Å². The van der Waals surface area contributed by atoms with Crippen LogP contribution < -0.4 is 0 Å². The van der Waals surface area contributed by atoms with E-state index in [0.717, 1.165) is 0 Å². The molecule has 0 aromatic heterocycles. The lowest BCUT2D eigenvalue weighted by atomic mass is 9.90. The van der Waals surface area contributed by atoms with Gasteiger partial charge in [0.1, 0.15) is 11.6 Å². The molecular formula is C12H14O4. The summed E-state index contributed by atoms with van der Waals surface area (Å²) in [6, 6.07) is 0. The van der Waals surface area contributed by atoms with Gasteiger partial charge in [-0.3, -0.25) is 19.2 Å². The van der Waals surface area contributed by atoms with Crippen LogP contribution in [0.1, 0.15) is 38.5 Å². The molecule has 0 amide bonds. The third-order valence-electron chi connectivity index (χ3n) is 3.49. The molecule has 2 fully saturated rings. The largest absolute Gasteiger partial charge is 0.299 e. The second-order valence-corrected chi connectivity index (χ2v) is 4.55. The summed E-state index contributed by atoms with van der Waals surface area (Å²) in [7, 11) is 0. The Bertz CT molecular complexity index is 333. The number of rotatable bonds is 3. The first kappa shape index (κ1) is 11.2. The van der Waals surface area contributed by atoms with Crippen LogP contribution in [0.3, 0.4) is 0 Å². The zero-order valence-corrected chi connectivity index (χ0v) is 9.03. The lowest BCUT2D eigenvalue weighted by molar-refractivity contribution is -0.145. The van der Waals surface area contributed by atoms with Crippen LogP contribution in [0.25, 0.3) is 0 Å². The maximum absolute atomic E-state index is 11.8. The molecule has 2 rings (SSSR count). The van der Waals surface area contributed by atoms with Crippen LogP contribution >= 0.6 is 0 Å². The van der Waals surface area contributed by atoms with Gasteiger partial charge in [0.15, 0.2) is 0 Å². The van der Waals surface area contributed by atoms with E-state index < -0.39 is 23.4 Å². The Morgan fingerprint density at radius 2 is 1.19 bits per heavy atom. The Morgan fingerprint density at radius 1 is 0.812 bits per heavy atom. The Kier molecular flexibility index (Phi) is 2.99. The first-order valence-electron chi connectivity index (χ1n) is 5.74. The average Bonchev–Trinajstić information content (AvgIpc) is 2.85. The zero-order chi connectivity index (χ0) is 11.7. The maximum Gasteiger partial charge on any atom is 0.209 e. The smallest absolute Gasteiger partial charge is 0.209 e. The van der Waals surface area contributed by atoms with Gasteiger partial charge in [0.2, 0.25) is 11.6 Å². The Hall–Kier alpha value is -1.32. The second-order valence-electron chi connectivity index (χ2n) is 4.55. The van der Waals surface area contributed by atoms with E-state index in [-0.39, 0.29) is 11.6 Å². The lowest BCUT2D eigenvalue weighted by Gasteiger charge is -2.09. The van der Waals surface area contributed by atoms with Gasteiger partial charge in [-0.05, 0) is 25.7 Å². The fourth-order valence-electron chi connectivity index (χ4n) is 2.53. The summed E-state index contributed by atoms with van der Waals surface area (Å²) in [6.45, 7) is 0. The van der Waals surface area contributed by atoms with Crippen molar-refractivity contribution in [2.45, 2.75) is 38.5 Å². The SMILES string of the molecule is O=C1CCCC1C(=O)C(=O)C1CCCC1=O. The molecule has 0 N–H and O–H groups in total. The van der Waals surface area contributed by atoms with Crippen LogP contribution in [0.4, 0.5) is 0 Å². The molecule has 0 heterocycles. The predicted octanol–water partition coefficient (Wildman–Crippen LogP) is 0.863. The molecule has 0 aromatic carbocycles. The third-order valence-corrected chi connectivity index (χ3v) is 3.49. The zero-order valence-electron chi connectivity index (χ0n) is 9.03. The molecule has 0 saturated heterocycles. The molecule has 4 nitrogen and oxygen atoms in total. The van der Waals surface area contributed by atoms with E-state index in [4.69, 9.17) is 0 Å². The van der Waals surface area contributed by atoms with Crippen LogP contribution in [0, 0.1) is 11.8 Å². The number of ketones is 4. The first-order chi connectivity index (χ1) is 7.61. The van der Waals surface area contributed by atoms with Gasteiger partial charge in [0.05, 0.1) is 11.8 Å². The molecule has 4 heteroatoms. The minimum absolute atomic E-state index is 0.135. The molecular weight excluding hydrogens is 208 g/mol. The Balaban J connectivity index is 2.07. The van der Waals surface area contributed by atoms with Crippen molar-refractivity contribution in [2.24, 2.45) is 11.8 Å². The maximum atomic E-state index is 11.8. The molecule has 2 saturated carbocycles. The monoisotopic (exact) mass is 222 g/mol. The molecule has 2 atom stereocenters. The highest BCUT2D eigenvalue weighted by Gasteiger charge is 2.41. The van der Waals surface area contributed by atoms with Gasteiger partial charge in [-0.1, -0.05) is 0 Å². The summed E-state index contributed by atoms with van der Waals surface area (Å²) >= 11 is 0. The van der Waals surface area contributed by atoms with E-state index in [1.54, 1.807) is 0 Å². The fourth-order valence-corrected chi connectivity index (χ4v) is 2.53. The van der Waals surface area contributed by atoms with Crippen molar-refractivity contribution in [1.29, 1.82) is 0 Å². The van der Waals surface area contributed by atoms with Crippen molar-refractivity contribution in [3.63, 3.8) is 0 Å². The van der Waals surface area contributed by atoms with E-state index in [0.29, 0.717) is 38.5 Å². The summed E-state index contributed by atoms with van der Waals surface area (Å²) in [5, 5.41) is 0. The van der Waals surface area contributed by atoms with Gasteiger partial charge in [-0.2, -0.15) is 0 Å². The number of Topliss-reactive ketones (excluding diaryl/α,β-unsaturated/α-hetero) is 4. The standard InChI is InChI=1S/C12H14O4/c13-9-5-1-3-7(9)11(15)12(16)8-4-2-6-10(8)14/h7-8H,1-6H2. The van der Waals surface area contributed by atoms with E-state index in [9.17, 15) is 19.2 Å². The van der Waals surface area contributed by atoms with Crippen LogP contribution in [0.5, 0.6) is 0 Å². The van der Waals surface area contributed by atoms with Crippen molar-refractivity contribution in [2.75, 3.05) is 0 Å². The van der Waals surface area contributed by atoms with Crippen LogP contribution in [0.2, 0.25) is 0 Å². The first-order valence-corrected chi connectivity index (χ1v) is 5.74. The minimum atomic E-state index is -0.749. The molecule has 2 unspecified atom stereocenters. The van der Waals surface area contributed by atoms with Gasteiger partial charge in [0.25, 0.3) is 0 Å². The van der Waals surface area contributed by atoms with Gasteiger partial charge < -0.3 is 0 Å². The van der Waals surface area contributed by atoms with Crippen molar-refractivity contribution in [3.05, 3.63) is 0 Å². The van der Waals surface area contributed by atoms with E-state index in [1.165, 1.54) is 0 Å². The number of hydrogen-bond donors (Lipinski definition) is 0. The quantitative estimate of drug-likeness (QED) is 0.524. The molecule has 16 heavy (non-hydrogen) atoms. The van der Waals surface area contributed by atoms with Crippen LogP contribution in [-0.4, -0.2) is 23.1 Å². The summed E-state index contributed by atoms with van der Waals surface area (Å²) < 4.78 is 0. The predicted molar refractivity (Wildman–Crippen MR) is 54.7 cm³/mol.